The number of anilines is 1. The summed E-state index contributed by atoms with van der Waals surface area (Å²) in [5.41, 5.74) is 7.88. The van der Waals surface area contributed by atoms with Gasteiger partial charge in [0, 0.05) is 35.1 Å². The first-order chi connectivity index (χ1) is 19.3. The van der Waals surface area contributed by atoms with E-state index in [1.54, 1.807) is 0 Å². The number of nitrogens with zero attached hydrogens (tertiary/aromatic N) is 6. The van der Waals surface area contributed by atoms with Crippen molar-refractivity contribution in [3.8, 4) is 16.9 Å². The minimum Gasteiger partial charge on any atom is -0.491 e. The number of aromatic amines is 1. The van der Waals surface area contributed by atoms with Crippen LogP contribution in [-0.4, -0.2) is 56.1 Å². The number of imidazole rings is 1. The zero-order valence-corrected chi connectivity index (χ0v) is 24.1. The molecule has 0 bridgehead atoms. The largest absolute Gasteiger partial charge is 0.491 e. The highest BCUT2D eigenvalue weighted by molar-refractivity contribution is 5.78. The first-order valence-corrected chi connectivity index (χ1v) is 14.8. The number of H-pyrrole nitrogens is 1. The summed E-state index contributed by atoms with van der Waals surface area (Å²) in [7, 11) is 0. The van der Waals surface area contributed by atoms with Gasteiger partial charge in [-0.15, -0.1) is 0 Å². The monoisotopic (exact) mass is 537 g/mol. The van der Waals surface area contributed by atoms with E-state index in [2.05, 4.69) is 69.8 Å². The van der Waals surface area contributed by atoms with E-state index >= 15 is 0 Å². The maximum absolute atomic E-state index is 6.28. The van der Waals surface area contributed by atoms with E-state index in [-0.39, 0.29) is 11.5 Å². The maximum atomic E-state index is 6.28. The van der Waals surface area contributed by atoms with Crippen molar-refractivity contribution >= 4 is 17.0 Å². The van der Waals surface area contributed by atoms with Crippen molar-refractivity contribution in [2.75, 3.05) is 31.1 Å². The molecule has 8 heteroatoms. The van der Waals surface area contributed by atoms with E-state index in [1.807, 2.05) is 13.1 Å². The van der Waals surface area contributed by atoms with E-state index in [1.165, 1.54) is 29.7 Å². The van der Waals surface area contributed by atoms with Crippen molar-refractivity contribution in [2.24, 2.45) is 5.41 Å². The molecule has 0 amide bonds. The number of rotatable bonds is 4. The lowest BCUT2D eigenvalue weighted by atomic mass is 9.76. The summed E-state index contributed by atoms with van der Waals surface area (Å²) in [6.07, 6.45) is 7.64. The predicted molar refractivity (Wildman–Crippen MR) is 158 cm³/mol. The van der Waals surface area contributed by atoms with Crippen molar-refractivity contribution in [3.05, 3.63) is 58.9 Å². The van der Waals surface area contributed by atoms with Gasteiger partial charge in [-0.1, -0.05) is 19.9 Å². The van der Waals surface area contributed by atoms with Gasteiger partial charge in [0.05, 0.1) is 12.6 Å². The van der Waals surface area contributed by atoms with Gasteiger partial charge in [-0.3, -0.25) is 4.90 Å². The summed E-state index contributed by atoms with van der Waals surface area (Å²) in [4.78, 5) is 27.9. The average Bonchev–Trinajstić information content (AvgIpc) is 3.55. The Morgan fingerprint density at radius 3 is 2.73 bits per heavy atom. The molecule has 40 heavy (non-hydrogen) atoms. The van der Waals surface area contributed by atoms with Crippen molar-refractivity contribution in [2.45, 2.75) is 72.4 Å². The zero-order chi connectivity index (χ0) is 27.4. The van der Waals surface area contributed by atoms with Gasteiger partial charge in [0.2, 0.25) is 0 Å². The number of aromatic nitrogens is 5. The summed E-state index contributed by atoms with van der Waals surface area (Å²) in [5.74, 6) is 3.91. The van der Waals surface area contributed by atoms with Crippen LogP contribution in [0.25, 0.3) is 22.3 Å². The summed E-state index contributed by atoms with van der Waals surface area (Å²) in [5, 5.41) is 0. The Morgan fingerprint density at radius 2 is 1.88 bits per heavy atom. The summed E-state index contributed by atoms with van der Waals surface area (Å²) < 4.78 is 6.28. The Balaban J connectivity index is 1.26. The standard InChI is InChI=1S/C32H39N7O/c1-20(38-11-5-6-12-38)29-36-26-9-10-32(3,4)17-25(26)31(37-29)39-13-14-40-28-8-7-22(15-24(28)19-39)23-16-27-30(33-18-23)35-21(2)34-27/h7-8,15-16,18,20H,5-6,9-14,17,19H2,1-4H3,(H,33,34,35). The second-order valence-electron chi connectivity index (χ2n) is 12.6. The molecule has 1 fully saturated rings. The fourth-order valence-electron chi connectivity index (χ4n) is 6.62. The molecule has 7 rings (SSSR count). The molecule has 1 aliphatic carbocycles. The van der Waals surface area contributed by atoms with E-state index in [0.29, 0.717) is 6.61 Å². The van der Waals surface area contributed by atoms with Gasteiger partial charge < -0.3 is 14.6 Å². The van der Waals surface area contributed by atoms with E-state index in [4.69, 9.17) is 14.7 Å². The van der Waals surface area contributed by atoms with Crippen LogP contribution in [0.2, 0.25) is 0 Å². The molecule has 3 aliphatic rings. The first kappa shape index (κ1) is 25.4. The number of pyridine rings is 1. The lowest BCUT2D eigenvalue weighted by molar-refractivity contribution is 0.251. The number of nitrogens with one attached hydrogen (secondary N) is 1. The third kappa shape index (κ3) is 4.72. The van der Waals surface area contributed by atoms with Crippen LogP contribution >= 0.6 is 0 Å². The number of hydrogen-bond acceptors (Lipinski definition) is 7. The van der Waals surface area contributed by atoms with Crippen molar-refractivity contribution in [1.82, 2.24) is 29.8 Å². The number of benzene rings is 1. The molecule has 0 spiro atoms. The fourth-order valence-corrected chi connectivity index (χ4v) is 6.62. The number of hydrogen-bond donors (Lipinski definition) is 1. The highest BCUT2D eigenvalue weighted by Crippen LogP contribution is 2.40. The van der Waals surface area contributed by atoms with Gasteiger partial charge in [0.25, 0.3) is 0 Å². The second-order valence-corrected chi connectivity index (χ2v) is 12.6. The predicted octanol–water partition coefficient (Wildman–Crippen LogP) is 5.79. The quantitative estimate of drug-likeness (QED) is 0.353. The molecule has 1 atom stereocenters. The van der Waals surface area contributed by atoms with Crippen molar-refractivity contribution in [3.63, 3.8) is 0 Å². The van der Waals surface area contributed by atoms with Crippen molar-refractivity contribution < 1.29 is 4.74 Å². The van der Waals surface area contributed by atoms with Crippen LogP contribution in [0.3, 0.4) is 0 Å². The van der Waals surface area contributed by atoms with E-state index in [9.17, 15) is 0 Å². The van der Waals surface area contributed by atoms with Crippen LogP contribution in [-0.2, 0) is 19.4 Å². The average molecular weight is 538 g/mol. The molecule has 2 aliphatic heterocycles. The smallest absolute Gasteiger partial charge is 0.157 e. The molecule has 1 aromatic carbocycles. The van der Waals surface area contributed by atoms with Gasteiger partial charge in [-0.2, -0.15) is 0 Å². The highest BCUT2D eigenvalue weighted by atomic mass is 16.5. The molecule has 0 saturated carbocycles. The van der Waals surface area contributed by atoms with E-state index < -0.39 is 0 Å². The molecule has 1 N–H and O–H groups in total. The number of ether oxygens (including phenoxy) is 1. The van der Waals surface area contributed by atoms with Gasteiger partial charge in [-0.05, 0) is 88.2 Å². The Bertz CT molecular complexity index is 1570. The third-order valence-electron chi connectivity index (χ3n) is 8.97. The van der Waals surface area contributed by atoms with Gasteiger partial charge >= 0.3 is 0 Å². The maximum Gasteiger partial charge on any atom is 0.157 e. The Kier molecular flexibility index (Phi) is 6.26. The molecule has 208 valence electrons. The SMILES string of the molecule is Cc1nc2cc(-c3ccc4c(c3)CN(c3nc(C(C)N5CCCC5)nc5c3CC(C)(C)CC5)CCO4)cnc2[nH]1. The van der Waals surface area contributed by atoms with Crippen LogP contribution < -0.4 is 9.64 Å². The summed E-state index contributed by atoms with van der Waals surface area (Å²) in [6, 6.07) is 8.82. The molecule has 1 saturated heterocycles. The molecule has 4 aromatic rings. The Hall–Kier alpha value is -3.52. The van der Waals surface area contributed by atoms with Gasteiger partial charge in [0.15, 0.2) is 5.65 Å². The minimum absolute atomic E-state index is 0.233. The van der Waals surface area contributed by atoms with Crippen LogP contribution in [0, 0.1) is 12.3 Å². The second kappa shape index (κ2) is 9.84. The Morgan fingerprint density at radius 1 is 1.02 bits per heavy atom. The normalized spacial score (nSPS) is 19.6. The summed E-state index contributed by atoms with van der Waals surface area (Å²) >= 11 is 0. The lowest BCUT2D eigenvalue weighted by Gasteiger charge is -2.35. The number of likely N-dealkylation sites (tertiary alicyclic amines) is 1. The van der Waals surface area contributed by atoms with Crippen LogP contribution in [0.4, 0.5) is 5.82 Å². The van der Waals surface area contributed by atoms with E-state index in [0.717, 1.165) is 90.9 Å². The lowest BCUT2D eigenvalue weighted by Crippen LogP contribution is -2.33. The van der Waals surface area contributed by atoms with Crippen LogP contribution in [0.15, 0.2) is 30.5 Å². The van der Waals surface area contributed by atoms with Gasteiger partial charge in [-0.25, -0.2) is 19.9 Å². The molecule has 1 unspecified atom stereocenters. The van der Waals surface area contributed by atoms with Crippen molar-refractivity contribution in [1.29, 1.82) is 0 Å². The fraction of sp³-hybridized carbons (Fsp3) is 0.500. The summed E-state index contributed by atoms with van der Waals surface area (Å²) in [6.45, 7) is 13.4. The van der Waals surface area contributed by atoms with Gasteiger partial charge in [0.1, 0.15) is 35.3 Å². The van der Waals surface area contributed by atoms with Crippen LogP contribution in [0.1, 0.15) is 74.5 Å². The number of fused-ring (bicyclic) bond motifs is 3. The third-order valence-corrected chi connectivity index (χ3v) is 8.97. The zero-order valence-electron chi connectivity index (χ0n) is 24.1. The Labute approximate surface area is 236 Å². The highest BCUT2D eigenvalue weighted by Gasteiger charge is 2.33. The molecule has 3 aromatic heterocycles. The molecular weight excluding hydrogens is 498 g/mol. The number of aryl methyl sites for hydroxylation is 2. The van der Waals surface area contributed by atoms with Crippen LogP contribution in [0.5, 0.6) is 5.75 Å². The topological polar surface area (TPSA) is 83.1 Å². The molecule has 0 radical (unpaired) electrons. The molecular formula is C32H39N7O. The first-order valence-electron chi connectivity index (χ1n) is 14.8. The minimum atomic E-state index is 0.233. The molecule has 8 nitrogen and oxygen atoms in total. The molecule has 5 heterocycles.